The third-order valence-corrected chi connectivity index (χ3v) is 7.53. The maximum absolute atomic E-state index is 4.57. The molecule has 0 bridgehead atoms. The molecule has 138 valence electrons. The zero-order valence-electron chi connectivity index (χ0n) is 15.5. The van der Waals surface area contributed by atoms with E-state index < -0.39 is 0 Å². The summed E-state index contributed by atoms with van der Waals surface area (Å²) in [6.45, 7) is 0. The second-order valence-corrected chi connectivity index (χ2v) is 9.32. The number of benzene rings is 3. The minimum Gasteiger partial charge on any atom is -0.263 e. The third kappa shape index (κ3) is 2.29. The minimum atomic E-state index is -0.385. The highest BCUT2D eigenvalue weighted by Crippen LogP contribution is 2.60. The summed E-state index contributed by atoms with van der Waals surface area (Å²) in [5, 5.41) is 1.33. The van der Waals surface area contributed by atoms with E-state index >= 15 is 0 Å². The van der Waals surface area contributed by atoms with Gasteiger partial charge in [-0.3, -0.25) is 4.98 Å². The van der Waals surface area contributed by atoms with Gasteiger partial charge in [-0.15, -0.1) is 11.3 Å². The molecule has 0 spiro atoms. The van der Waals surface area contributed by atoms with Crippen molar-refractivity contribution < 1.29 is 0 Å². The van der Waals surface area contributed by atoms with Crippen LogP contribution in [0.5, 0.6) is 0 Å². The fourth-order valence-corrected chi connectivity index (χ4v) is 6.49. The molecule has 0 saturated heterocycles. The Morgan fingerprint density at radius 2 is 1.52 bits per heavy atom. The molecule has 1 nitrogen and oxygen atoms in total. The van der Waals surface area contributed by atoms with Crippen LogP contribution in [0.15, 0.2) is 102 Å². The van der Waals surface area contributed by atoms with Gasteiger partial charge in [0.25, 0.3) is 0 Å². The second kappa shape index (κ2) is 6.38. The summed E-state index contributed by atoms with van der Waals surface area (Å²) in [4.78, 5) is 5.93. The fourth-order valence-electron chi connectivity index (χ4n) is 4.82. The molecule has 0 aliphatic heterocycles. The molecular weight excluding hydrogens is 438 g/mol. The van der Waals surface area contributed by atoms with E-state index in [0.717, 1.165) is 4.47 Å². The molecule has 2 aromatic heterocycles. The van der Waals surface area contributed by atoms with Gasteiger partial charge in [-0.1, -0.05) is 72.8 Å². The first-order chi connectivity index (χ1) is 14.3. The van der Waals surface area contributed by atoms with Crippen molar-refractivity contribution in [1.82, 2.24) is 4.98 Å². The molecular formula is C26H16BrNS. The summed E-state index contributed by atoms with van der Waals surface area (Å²) in [5.74, 6) is 0. The lowest BCUT2D eigenvalue weighted by molar-refractivity contribution is 0.769. The van der Waals surface area contributed by atoms with E-state index in [1.807, 2.05) is 23.7 Å². The Kier molecular flexibility index (Phi) is 3.77. The van der Waals surface area contributed by atoms with Gasteiger partial charge >= 0.3 is 0 Å². The van der Waals surface area contributed by atoms with Crippen LogP contribution in [-0.4, -0.2) is 4.98 Å². The Bertz CT molecular complexity index is 1370. The van der Waals surface area contributed by atoms with Crippen LogP contribution in [0.3, 0.4) is 0 Å². The van der Waals surface area contributed by atoms with Crippen LogP contribution in [0, 0.1) is 0 Å². The lowest BCUT2D eigenvalue weighted by atomic mass is 9.68. The molecule has 3 aromatic carbocycles. The molecule has 0 amide bonds. The first-order valence-corrected chi connectivity index (χ1v) is 11.2. The molecule has 0 saturated carbocycles. The fraction of sp³-hybridized carbons (Fsp3) is 0.0385. The van der Waals surface area contributed by atoms with Crippen molar-refractivity contribution in [2.75, 3.05) is 0 Å². The molecule has 2 heterocycles. The molecule has 0 radical (unpaired) electrons. The number of rotatable bonds is 2. The van der Waals surface area contributed by atoms with E-state index in [1.54, 1.807) is 0 Å². The van der Waals surface area contributed by atoms with E-state index in [2.05, 4.69) is 106 Å². The lowest BCUT2D eigenvalue weighted by Gasteiger charge is -2.33. The number of aromatic nitrogens is 1. The number of hydrogen-bond acceptors (Lipinski definition) is 2. The van der Waals surface area contributed by atoms with Gasteiger partial charge in [-0.05, 0) is 61.3 Å². The number of halogens is 1. The monoisotopic (exact) mass is 453 g/mol. The Labute approximate surface area is 181 Å². The quantitative estimate of drug-likeness (QED) is 0.265. The van der Waals surface area contributed by atoms with Gasteiger partial charge in [0.2, 0.25) is 0 Å². The minimum absolute atomic E-state index is 0.385. The van der Waals surface area contributed by atoms with Gasteiger partial charge in [0.05, 0.1) is 5.41 Å². The highest BCUT2D eigenvalue weighted by Gasteiger charge is 2.48. The normalized spacial score (nSPS) is 17.3. The number of thiophene rings is 1. The van der Waals surface area contributed by atoms with Crippen LogP contribution in [0.4, 0.5) is 0 Å². The van der Waals surface area contributed by atoms with Crippen LogP contribution in [0.1, 0.15) is 22.3 Å². The van der Waals surface area contributed by atoms with Crippen LogP contribution in [-0.2, 0) is 5.41 Å². The number of fused-ring (bicyclic) bond motifs is 5. The van der Waals surface area contributed by atoms with Crippen molar-refractivity contribution in [2.45, 2.75) is 5.41 Å². The zero-order chi connectivity index (χ0) is 19.4. The Hall–Kier alpha value is -2.75. The van der Waals surface area contributed by atoms with Crippen molar-refractivity contribution >= 4 is 37.4 Å². The van der Waals surface area contributed by atoms with Crippen molar-refractivity contribution in [2.24, 2.45) is 0 Å². The van der Waals surface area contributed by atoms with Gasteiger partial charge in [-0.25, -0.2) is 0 Å². The molecule has 1 aliphatic carbocycles. The Morgan fingerprint density at radius 1 is 0.759 bits per heavy atom. The molecule has 0 N–H and O–H groups in total. The predicted molar refractivity (Wildman–Crippen MR) is 125 cm³/mol. The zero-order valence-corrected chi connectivity index (χ0v) is 17.9. The van der Waals surface area contributed by atoms with E-state index in [1.165, 1.54) is 42.8 Å². The van der Waals surface area contributed by atoms with E-state index in [4.69, 9.17) is 0 Å². The standard InChI is InChI=1S/C26H16BrNS/c27-19-14-18(15-28-16-19)26(17-8-2-1-3-9-17)22-12-6-4-10-20(22)25-24(26)21-11-5-7-13-23(21)29-25/h1-16H. The summed E-state index contributed by atoms with van der Waals surface area (Å²) in [5.41, 5.74) is 6.11. The van der Waals surface area contributed by atoms with Crippen LogP contribution < -0.4 is 0 Å². The van der Waals surface area contributed by atoms with Crippen LogP contribution in [0.2, 0.25) is 0 Å². The number of pyridine rings is 1. The summed E-state index contributed by atoms with van der Waals surface area (Å²) in [7, 11) is 0. The first-order valence-electron chi connectivity index (χ1n) is 9.58. The molecule has 5 aromatic rings. The molecule has 1 atom stereocenters. The lowest BCUT2D eigenvalue weighted by Crippen LogP contribution is -2.28. The smallest absolute Gasteiger partial charge is 0.0743 e. The molecule has 1 aliphatic rings. The maximum Gasteiger partial charge on any atom is 0.0743 e. The topological polar surface area (TPSA) is 12.9 Å². The largest absolute Gasteiger partial charge is 0.263 e. The molecule has 0 fully saturated rings. The summed E-state index contributed by atoms with van der Waals surface area (Å²) < 4.78 is 2.33. The Balaban J connectivity index is 1.87. The van der Waals surface area contributed by atoms with Gasteiger partial charge in [0, 0.05) is 26.4 Å². The van der Waals surface area contributed by atoms with Gasteiger partial charge in [-0.2, -0.15) is 0 Å². The van der Waals surface area contributed by atoms with Crippen LogP contribution in [0.25, 0.3) is 20.5 Å². The van der Waals surface area contributed by atoms with Crippen LogP contribution >= 0.6 is 27.3 Å². The first kappa shape index (κ1) is 17.1. The van der Waals surface area contributed by atoms with Crippen molar-refractivity contribution in [3.8, 4) is 10.4 Å². The van der Waals surface area contributed by atoms with E-state index in [9.17, 15) is 0 Å². The maximum atomic E-state index is 4.57. The number of hydrogen-bond donors (Lipinski definition) is 0. The highest BCUT2D eigenvalue weighted by atomic mass is 79.9. The van der Waals surface area contributed by atoms with E-state index in [0.29, 0.717) is 0 Å². The van der Waals surface area contributed by atoms with Gasteiger partial charge in [0.1, 0.15) is 0 Å². The Morgan fingerprint density at radius 3 is 2.38 bits per heavy atom. The van der Waals surface area contributed by atoms with Crippen molar-refractivity contribution in [3.63, 3.8) is 0 Å². The molecule has 1 unspecified atom stereocenters. The summed E-state index contributed by atoms with van der Waals surface area (Å²) in [6, 6.07) is 30.7. The predicted octanol–water partition coefficient (Wildman–Crippen LogP) is 7.42. The molecule has 29 heavy (non-hydrogen) atoms. The van der Waals surface area contributed by atoms with Gasteiger partial charge in [0.15, 0.2) is 0 Å². The van der Waals surface area contributed by atoms with Crippen molar-refractivity contribution in [1.29, 1.82) is 0 Å². The van der Waals surface area contributed by atoms with Crippen molar-refractivity contribution in [3.05, 3.63) is 124 Å². The number of nitrogens with zero attached hydrogens (tertiary/aromatic N) is 1. The average molecular weight is 454 g/mol. The summed E-state index contributed by atoms with van der Waals surface area (Å²) in [6.07, 6.45) is 3.88. The molecule has 3 heteroatoms. The third-order valence-electron chi connectivity index (χ3n) is 5.89. The van der Waals surface area contributed by atoms with E-state index in [-0.39, 0.29) is 5.41 Å². The molecule has 6 rings (SSSR count). The average Bonchev–Trinajstić information content (AvgIpc) is 3.28. The second-order valence-electron chi connectivity index (χ2n) is 7.36. The highest BCUT2D eigenvalue weighted by molar-refractivity contribution is 9.10. The SMILES string of the molecule is Brc1cncc(C2(c3ccccc3)c3ccccc3-c3sc4ccccc4c32)c1. The van der Waals surface area contributed by atoms with Gasteiger partial charge < -0.3 is 0 Å². The summed E-state index contributed by atoms with van der Waals surface area (Å²) >= 11 is 5.56.